The molecule has 6 nitrogen and oxygen atoms in total. The van der Waals surface area contributed by atoms with Crippen molar-refractivity contribution in [3.8, 4) is 0 Å². The van der Waals surface area contributed by atoms with E-state index in [0.717, 1.165) is 31.6 Å². The number of fused-ring (bicyclic) bond motifs is 5. The largest absolute Gasteiger partial charge is 0.340 e. The van der Waals surface area contributed by atoms with Gasteiger partial charge in [0.2, 0.25) is 11.8 Å². The van der Waals surface area contributed by atoms with Crippen molar-refractivity contribution in [2.24, 2.45) is 23.7 Å². The van der Waals surface area contributed by atoms with Crippen LogP contribution in [0.2, 0.25) is 0 Å². The van der Waals surface area contributed by atoms with Gasteiger partial charge in [0.05, 0.1) is 23.7 Å². The van der Waals surface area contributed by atoms with E-state index in [1.807, 2.05) is 20.7 Å². The Kier molecular flexibility index (Phi) is 4.50. The molecule has 136 valence electrons. The zero-order chi connectivity index (χ0) is 16.3. The summed E-state index contributed by atoms with van der Waals surface area (Å²) < 4.78 is 0. The predicted octanol–water partition coefficient (Wildman–Crippen LogP) is 0.980. The Hall–Kier alpha value is -1.18. The van der Waals surface area contributed by atoms with Gasteiger partial charge in [0.1, 0.15) is 0 Å². The molecule has 25 heavy (non-hydrogen) atoms. The van der Waals surface area contributed by atoms with Crippen LogP contribution in [-0.4, -0.2) is 58.8 Å². The van der Waals surface area contributed by atoms with Crippen LogP contribution in [-0.2, 0) is 16.1 Å². The van der Waals surface area contributed by atoms with Crippen LogP contribution in [0.1, 0.15) is 18.5 Å². The number of piperidine rings is 2. The van der Waals surface area contributed by atoms with E-state index in [9.17, 15) is 9.59 Å². The highest BCUT2D eigenvalue weighted by atomic mass is 35.5. The van der Waals surface area contributed by atoms with Gasteiger partial charge in [0, 0.05) is 30.4 Å². The molecular weight excluding hydrogens is 360 g/mol. The van der Waals surface area contributed by atoms with Gasteiger partial charge in [-0.15, -0.1) is 23.7 Å². The minimum Gasteiger partial charge on any atom is -0.340 e. The third kappa shape index (κ3) is 2.86. The molecule has 5 heterocycles. The summed E-state index contributed by atoms with van der Waals surface area (Å²) in [5, 5.41) is 5.36. The van der Waals surface area contributed by atoms with Crippen molar-refractivity contribution >= 4 is 35.6 Å². The minimum absolute atomic E-state index is 0. The first-order valence-electron chi connectivity index (χ1n) is 8.89. The number of halogens is 1. The van der Waals surface area contributed by atoms with Crippen LogP contribution in [0, 0.1) is 23.7 Å². The average Bonchev–Trinajstić information content (AvgIpc) is 2.90. The number of carbonyl (C=O) groups excluding carboxylic acids is 2. The van der Waals surface area contributed by atoms with Gasteiger partial charge in [0.15, 0.2) is 0 Å². The number of nitrogens with one attached hydrogen (secondary N) is 1. The van der Waals surface area contributed by atoms with Gasteiger partial charge >= 0.3 is 0 Å². The maximum atomic E-state index is 12.9. The molecule has 5 aliphatic rings. The molecule has 2 amide bonds. The van der Waals surface area contributed by atoms with Gasteiger partial charge in [-0.2, -0.15) is 0 Å². The third-order valence-corrected chi connectivity index (χ3v) is 6.93. The summed E-state index contributed by atoms with van der Waals surface area (Å²) >= 11 is 1.56. The zero-order valence-electron chi connectivity index (χ0n) is 14.0. The van der Waals surface area contributed by atoms with Crippen LogP contribution in [0.5, 0.6) is 0 Å². The molecule has 1 saturated carbocycles. The summed E-state index contributed by atoms with van der Waals surface area (Å²) in [6, 6.07) is 0.151. The molecule has 0 spiro atoms. The molecule has 2 bridgehead atoms. The minimum atomic E-state index is -0.0250. The van der Waals surface area contributed by atoms with Crippen LogP contribution in [0.4, 0.5) is 0 Å². The number of thiazole rings is 1. The molecule has 6 rings (SSSR count). The number of aromatic nitrogens is 1. The van der Waals surface area contributed by atoms with E-state index < -0.39 is 0 Å². The predicted molar refractivity (Wildman–Crippen MR) is 96.3 cm³/mol. The number of rotatable bonds is 3. The summed E-state index contributed by atoms with van der Waals surface area (Å²) in [6.07, 6.45) is 1.92. The molecule has 4 saturated heterocycles. The lowest BCUT2D eigenvalue weighted by atomic mass is 9.94. The number of hydrogen-bond acceptors (Lipinski definition) is 5. The van der Waals surface area contributed by atoms with Crippen LogP contribution >= 0.6 is 23.7 Å². The fourth-order valence-electron chi connectivity index (χ4n) is 4.91. The number of amides is 2. The van der Waals surface area contributed by atoms with Crippen LogP contribution in [0.25, 0.3) is 0 Å². The van der Waals surface area contributed by atoms with Crippen molar-refractivity contribution in [3.05, 3.63) is 16.6 Å². The maximum absolute atomic E-state index is 12.9. The summed E-state index contributed by atoms with van der Waals surface area (Å²) in [6.45, 7) is 3.87. The van der Waals surface area contributed by atoms with Crippen molar-refractivity contribution in [1.29, 1.82) is 0 Å². The van der Waals surface area contributed by atoms with Crippen molar-refractivity contribution in [2.45, 2.75) is 25.4 Å². The summed E-state index contributed by atoms with van der Waals surface area (Å²) in [5.74, 6) is 1.79. The van der Waals surface area contributed by atoms with Gasteiger partial charge in [-0.05, 0) is 37.8 Å². The fourth-order valence-corrected chi connectivity index (χ4v) is 5.46. The molecular formula is C17H23ClN4O2S. The smallest absolute Gasteiger partial charge is 0.228 e. The molecule has 0 aromatic carbocycles. The Morgan fingerprint density at radius 3 is 2.80 bits per heavy atom. The van der Waals surface area contributed by atoms with Gasteiger partial charge < -0.3 is 15.1 Å². The Balaban J connectivity index is 0.00000157. The summed E-state index contributed by atoms with van der Waals surface area (Å²) in [5.41, 5.74) is 2.77. The van der Waals surface area contributed by atoms with Crippen molar-refractivity contribution < 1.29 is 9.59 Å². The molecule has 1 N–H and O–H groups in total. The van der Waals surface area contributed by atoms with E-state index in [1.165, 1.54) is 0 Å². The van der Waals surface area contributed by atoms with E-state index in [4.69, 9.17) is 0 Å². The molecule has 5 atom stereocenters. The molecule has 8 heteroatoms. The van der Waals surface area contributed by atoms with Gasteiger partial charge in [-0.1, -0.05) is 0 Å². The lowest BCUT2D eigenvalue weighted by molar-refractivity contribution is -0.140. The molecule has 1 aliphatic carbocycles. The van der Waals surface area contributed by atoms with Crippen molar-refractivity contribution in [3.63, 3.8) is 0 Å². The van der Waals surface area contributed by atoms with E-state index in [2.05, 4.69) is 10.3 Å². The second-order valence-corrected chi connectivity index (χ2v) is 8.35. The molecule has 1 aromatic heterocycles. The first kappa shape index (κ1) is 17.2. The Bertz CT molecular complexity index is 660. The average molecular weight is 383 g/mol. The van der Waals surface area contributed by atoms with Crippen LogP contribution in [0.15, 0.2) is 10.9 Å². The highest BCUT2D eigenvalue weighted by Crippen LogP contribution is 2.50. The number of hydrogen-bond donors (Lipinski definition) is 1. The number of carbonyl (C=O) groups is 2. The topological polar surface area (TPSA) is 65.5 Å². The summed E-state index contributed by atoms with van der Waals surface area (Å²) in [4.78, 5) is 34.1. The third-order valence-electron chi connectivity index (χ3n) is 6.30. The molecule has 1 aromatic rings. The Morgan fingerprint density at radius 2 is 2.08 bits per heavy atom. The first-order chi connectivity index (χ1) is 11.7. The molecule has 5 fully saturated rings. The number of nitrogens with zero attached hydrogens (tertiary/aromatic N) is 3. The molecule has 0 radical (unpaired) electrons. The van der Waals surface area contributed by atoms with Gasteiger partial charge in [-0.25, -0.2) is 4.98 Å². The van der Waals surface area contributed by atoms with Crippen molar-refractivity contribution in [1.82, 2.24) is 20.1 Å². The molecule has 1 unspecified atom stereocenters. The second kappa shape index (κ2) is 6.52. The van der Waals surface area contributed by atoms with Crippen LogP contribution < -0.4 is 5.32 Å². The van der Waals surface area contributed by atoms with E-state index in [0.29, 0.717) is 37.4 Å². The highest BCUT2D eigenvalue weighted by Gasteiger charge is 2.58. The van der Waals surface area contributed by atoms with Crippen molar-refractivity contribution in [2.75, 3.05) is 26.2 Å². The van der Waals surface area contributed by atoms with Gasteiger partial charge in [0.25, 0.3) is 0 Å². The quantitative estimate of drug-likeness (QED) is 0.846. The first-order valence-corrected chi connectivity index (χ1v) is 9.83. The monoisotopic (exact) mass is 382 g/mol. The van der Waals surface area contributed by atoms with E-state index in [-0.39, 0.29) is 36.2 Å². The second-order valence-electron chi connectivity index (χ2n) is 7.63. The Labute approximate surface area is 157 Å². The van der Waals surface area contributed by atoms with Crippen LogP contribution in [0.3, 0.4) is 0 Å². The Morgan fingerprint density at radius 1 is 1.28 bits per heavy atom. The van der Waals surface area contributed by atoms with Gasteiger partial charge in [-0.3, -0.25) is 9.59 Å². The fraction of sp³-hybridized carbons (Fsp3) is 0.706. The van der Waals surface area contributed by atoms with E-state index >= 15 is 0 Å². The highest BCUT2D eigenvalue weighted by molar-refractivity contribution is 7.07. The zero-order valence-corrected chi connectivity index (χ0v) is 15.6. The SMILES string of the molecule is Cl.O=C(C1[C@H]2CNC[C@@H]12)N1C[C@@H]2CC[C@H](C1)N(Cc1cscn1)C2=O. The normalized spacial score (nSPS) is 36.0. The van der Waals surface area contributed by atoms with E-state index in [1.54, 1.807) is 11.3 Å². The summed E-state index contributed by atoms with van der Waals surface area (Å²) in [7, 11) is 0. The molecule has 4 aliphatic heterocycles. The lowest BCUT2D eigenvalue weighted by Crippen LogP contribution is -2.47. The lowest BCUT2D eigenvalue weighted by Gasteiger charge is -2.35. The maximum Gasteiger partial charge on any atom is 0.228 e. The standard InChI is InChI=1S/C17H22N4O2S.ClH/c22-16-10-1-2-12(21(16)6-11-8-24-9-19-11)7-20(5-10)17(23)15-13-3-18-4-14(13)15;/h8-10,12-15,18H,1-7H2;1H/t10-,12+,13-,14+,15?;/m0./s1.